The Morgan fingerprint density at radius 3 is 2.67 bits per heavy atom. The molecule has 0 aromatic carbocycles. The van der Waals surface area contributed by atoms with Gasteiger partial charge >= 0.3 is 6.18 Å². The van der Waals surface area contributed by atoms with Crippen LogP contribution in [0.15, 0.2) is 28.5 Å². The minimum Gasteiger partial charge on any atom is -0.309 e. The monoisotopic (exact) mass is 274 g/mol. The van der Waals surface area contributed by atoms with Crippen molar-refractivity contribution in [2.24, 2.45) is 0 Å². The van der Waals surface area contributed by atoms with Gasteiger partial charge in [-0.2, -0.15) is 13.2 Å². The summed E-state index contributed by atoms with van der Waals surface area (Å²) in [5.41, 5.74) is -0.735. The van der Waals surface area contributed by atoms with E-state index in [4.69, 9.17) is 0 Å². The van der Waals surface area contributed by atoms with Crippen LogP contribution in [-0.2, 0) is 12.7 Å². The molecule has 0 atom stereocenters. The first-order chi connectivity index (χ1) is 8.36. The van der Waals surface area contributed by atoms with E-state index >= 15 is 0 Å². The van der Waals surface area contributed by atoms with Crippen molar-refractivity contribution in [1.29, 1.82) is 0 Å². The van der Waals surface area contributed by atoms with Gasteiger partial charge in [0, 0.05) is 17.6 Å². The van der Waals surface area contributed by atoms with Crippen LogP contribution in [-0.4, -0.2) is 9.55 Å². The number of aromatic nitrogens is 2. The summed E-state index contributed by atoms with van der Waals surface area (Å²) in [7, 11) is 0. The number of halogens is 3. The van der Waals surface area contributed by atoms with Crippen LogP contribution < -0.4 is 5.56 Å². The first kappa shape index (κ1) is 12.8. The van der Waals surface area contributed by atoms with Gasteiger partial charge in [0.1, 0.15) is 0 Å². The lowest BCUT2D eigenvalue weighted by atomic mass is 10.2. The Bertz CT molecular complexity index is 615. The molecule has 0 radical (unpaired) electrons. The molecule has 18 heavy (non-hydrogen) atoms. The summed E-state index contributed by atoms with van der Waals surface area (Å²) in [4.78, 5) is 15.6. The lowest BCUT2D eigenvalue weighted by Crippen LogP contribution is -2.22. The summed E-state index contributed by atoms with van der Waals surface area (Å²) in [6, 6.07) is 1.70. The predicted molar refractivity (Wildman–Crippen MR) is 61.7 cm³/mol. The third-order valence-corrected chi connectivity index (χ3v) is 3.13. The summed E-state index contributed by atoms with van der Waals surface area (Å²) in [6.07, 6.45) is -3.63. The molecule has 0 saturated carbocycles. The lowest BCUT2D eigenvalue weighted by molar-refractivity contribution is -0.138. The van der Waals surface area contributed by atoms with Gasteiger partial charge in [-0.25, -0.2) is 4.98 Å². The number of hydrogen-bond acceptors (Lipinski definition) is 3. The molecule has 0 saturated heterocycles. The van der Waals surface area contributed by atoms with Gasteiger partial charge in [0.25, 0.3) is 5.56 Å². The third kappa shape index (κ3) is 2.79. The van der Waals surface area contributed by atoms with E-state index in [1.807, 2.05) is 0 Å². The van der Waals surface area contributed by atoms with E-state index in [1.54, 1.807) is 12.3 Å². The van der Waals surface area contributed by atoms with Gasteiger partial charge in [-0.05, 0) is 13.0 Å². The normalized spacial score (nSPS) is 11.8. The van der Waals surface area contributed by atoms with E-state index < -0.39 is 17.3 Å². The van der Waals surface area contributed by atoms with Crippen LogP contribution in [0, 0.1) is 6.92 Å². The zero-order valence-corrected chi connectivity index (χ0v) is 10.2. The molecular weight excluding hydrogens is 265 g/mol. The van der Waals surface area contributed by atoms with Crippen molar-refractivity contribution in [3.63, 3.8) is 0 Å². The quantitative estimate of drug-likeness (QED) is 0.844. The first-order valence-corrected chi connectivity index (χ1v) is 5.93. The first-order valence-electron chi connectivity index (χ1n) is 5.05. The second-order valence-corrected chi connectivity index (χ2v) is 4.80. The fourth-order valence-electron chi connectivity index (χ4n) is 1.48. The van der Waals surface area contributed by atoms with E-state index in [-0.39, 0.29) is 6.54 Å². The number of thiazole rings is 1. The Morgan fingerprint density at radius 2 is 2.11 bits per heavy atom. The highest BCUT2D eigenvalue weighted by Crippen LogP contribution is 2.28. The highest BCUT2D eigenvalue weighted by Gasteiger charge is 2.31. The Morgan fingerprint density at radius 1 is 1.39 bits per heavy atom. The van der Waals surface area contributed by atoms with Gasteiger partial charge in [-0.3, -0.25) is 4.79 Å². The largest absolute Gasteiger partial charge is 0.417 e. The molecule has 0 spiro atoms. The van der Waals surface area contributed by atoms with Crippen molar-refractivity contribution in [3.05, 3.63) is 50.3 Å². The maximum atomic E-state index is 12.5. The lowest BCUT2D eigenvalue weighted by Gasteiger charge is -2.09. The molecule has 0 N–H and O–H groups in total. The minimum absolute atomic E-state index is 0.0487. The molecule has 0 aliphatic heterocycles. The van der Waals surface area contributed by atoms with Crippen LogP contribution in [0.2, 0.25) is 0 Å². The van der Waals surface area contributed by atoms with Gasteiger partial charge in [-0.1, -0.05) is 0 Å². The molecule has 0 unspecified atom stereocenters. The maximum Gasteiger partial charge on any atom is 0.417 e. The molecule has 2 aromatic rings. The predicted octanol–water partition coefficient (Wildman–Crippen LogP) is 2.68. The molecule has 0 amide bonds. The molecule has 2 heterocycles. The number of nitrogens with zero attached hydrogens (tertiary/aromatic N) is 2. The summed E-state index contributed by atoms with van der Waals surface area (Å²) in [5.74, 6) is 0. The van der Waals surface area contributed by atoms with Crippen molar-refractivity contribution in [2.45, 2.75) is 19.6 Å². The van der Waals surface area contributed by atoms with E-state index in [1.165, 1.54) is 11.3 Å². The van der Waals surface area contributed by atoms with Gasteiger partial charge in [0.05, 0.1) is 22.8 Å². The minimum atomic E-state index is -4.45. The molecule has 3 nitrogen and oxygen atoms in total. The van der Waals surface area contributed by atoms with Crippen molar-refractivity contribution in [2.75, 3.05) is 0 Å². The zero-order chi connectivity index (χ0) is 13.3. The van der Waals surface area contributed by atoms with E-state index in [0.29, 0.717) is 5.69 Å². The van der Waals surface area contributed by atoms with Gasteiger partial charge < -0.3 is 4.57 Å². The van der Waals surface area contributed by atoms with Crippen molar-refractivity contribution >= 4 is 11.3 Å². The van der Waals surface area contributed by atoms with E-state index in [0.717, 1.165) is 27.9 Å². The third-order valence-electron chi connectivity index (χ3n) is 2.31. The number of rotatable bonds is 2. The Labute approximate surface area is 105 Å². The summed E-state index contributed by atoms with van der Waals surface area (Å²) in [5, 5.41) is 2.53. The maximum absolute atomic E-state index is 12.5. The molecule has 7 heteroatoms. The smallest absolute Gasteiger partial charge is 0.309 e. The standard InChI is InChI=1S/C11H9F3N2OS/c1-7-15-9(6-18-7)5-16-4-8(11(12,13)14)2-3-10(16)17/h2-4,6H,5H2,1H3. The highest BCUT2D eigenvalue weighted by atomic mass is 32.1. The second-order valence-electron chi connectivity index (χ2n) is 3.74. The van der Waals surface area contributed by atoms with Crippen LogP contribution in [0.5, 0.6) is 0 Å². The van der Waals surface area contributed by atoms with Crippen LogP contribution in [0.1, 0.15) is 16.3 Å². The van der Waals surface area contributed by atoms with E-state index in [9.17, 15) is 18.0 Å². The summed E-state index contributed by atoms with van der Waals surface area (Å²) < 4.78 is 38.6. The van der Waals surface area contributed by atoms with Gasteiger partial charge in [0.15, 0.2) is 0 Å². The van der Waals surface area contributed by atoms with Crippen LogP contribution in [0.25, 0.3) is 0 Å². The number of pyridine rings is 1. The van der Waals surface area contributed by atoms with Crippen molar-refractivity contribution in [3.8, 4) is 0 Å². The fourth-order valence-corrected chi connectivity index (χ4v) is 2.08. The Hall–Kier alpha value is -1.63. The molecule has 0 fully saturated rings. The topological polar surface area (TPSA) is 34.9 Å². The second kappa shape index (κ2) is 4.56. The van der Waals surface area contributed by atoms with Crippen LogP contribution >= 0.6 is 11.3 Å². The molecule has 0 bridgehead atoms. The molecular formula is C11H9F3N2OS. The average Bonchev–Trinajstić information content (AvgIpc) is 2.66. The molecule has 2 aromatic heterocycles. The summed E-state index contributed by atoms with van der Waals surface area (Å²) >= 11 is 1.39. The van der Waals surface area contributed by atoms with Gasteiger partial charge in [-0.15, -0.1) is 11.3 Å². The van der Waals surface area contributed by atoms with Crippen LogP contribution in [0.3, 0.4) is 0 Å². The molecule has 0 aliphatic carbocycles. The van der Waals surface area contributed by atoms with E-state index in [2.05, 4.69) is 4.98 Å². The average molecular weight is 274 g/mol. The molecule has 96 valence electrons. The van der Waals surface area contributed by atoms with Gasteiger partial charge in [0.2, 0.25) is 0 Å². The zero-order valence-electron chi connectivity index (χ0n) is 9.36. The number of hydrogen-bond donors (Lipinski definition) is 0. The SMILES string of the molecule is Cc1nc(Cn2cc(C(F)(F)F)ccc2=O)cs1. The Kier molecular flexibility index (Phi) is 3.25. The summed E-state index contributed by atoms with van der Waals surface area (Å²) in [6.45, 7) is 1.84. The van der Waals surface area contributed by atoms with Crippen LogP contribution in [0.4, 0.5) is 13.2 Å². The number of aryl methyl sites for hydroxylation is 1. The fraction of sp³-hybridized carbons (Fsp3) is 0.273. The molecule has 0 aliphatic rings. The highest BCUT2D eigenvalue weighted by molar-refractivity contribution is 7.09. The van der Waals surface area contributed by atoms with Crippen molar-refractivity contribution in [1.82, 2.24) is 9.55 Å². The van der Waals surface area contributed by atoms with Crippen molar-refractivity contribution < 1.29 is 13.2 Å². The molecule has 2 rings (SSSR count). The Balaban J connectivity index is 2.35. The number of alkyl halides is 3.